The quantitative estimate of drug-likeness (QED) is 0.867. The normalized spacial score (nSPS) is 20.1. The molecule has 1 unspecified atom stereocenters. The first-order chi connectivity index (χ1) is 8.24. The van der Waals surface area contributed by atoms with Crippen LogP contribution < -0.4 is 5.32 Å². The molecule has 100 valence electrons. The summed E-state index contributed by atoms with van der Waals surface area (Å²) in [6.45, 7) is 3.55. The van der Waals surface area contributed by atoms with Crippen LogP contribution in [0.1, 0.15) is 12.0 Å². The summed E-state index contributed by atoms with van der Waals surface area (Å²) in [6.07, 6.45) is 0.200. The number of nitrogens with zero attached hydrogens (tertiary/aromatic N) is 1. The van der Waals surface area contributed by atoms with Gasteiger partial charge < -0.3 is 10.4 Å². The molecule has 0 spiro atoms. The fourth-order valence-electron chi connectivity index (χ4n) is 2.23. The van der Waals surface area contributed by atoms with E-state index in [0.29, 0.717) is 0 Å². The van der Waals surface area contributed by atoms with E-state index in [-0.39, 0.29) is 24.9 Å². The van der Waals surface area contributed by atoms with Crippen molar-refractivity contribution in [1.82, 2.24) is 10.2 Å². The second-order valence-corrected chi connectivity index (χ2v) is 4.47. The number of piperazine rings is 1. The van der Waals surface area contributed by atoms with E-state index in [1.54, 1.807) is 0 Å². The number of halogens is 1. The highest BCUT2D eigenvalue weighted by Crippen LogP contribution is 2.08. The summed E-state index contributed by atoms with van der Waals surface area (Å²) in [6, 6.07) is 10.4. The van der Waals surface area contributed by atoms with Crippen LogP contribution in [0.15, 0.2) is 30.3 Å². The maximum atomic E-state index is 10.7. The highest BCUT2D eigenvalue weighted by atomic mass is 35.5. The topological polar surface area (TPSA) is 52.6 Å². The molecule has 0 radical (unpaired) electrons. The van der Waals surface area contributed by atoms with Crippen molar-refractivity contribution in [3.05, 3.63) is 35.9 Å². The van der Waals surface area contributed by atoms with Crippen LogP contribution in [0.2, 0.25) is 0 Å². The van der Waals surface area contributed by atoms with E-state index in [0.717, 1.165) is 26.2 Å². The lowest BCUT2D eigenvalue weighted by atomic mass is 10.1. The summed E-state index contributed by atoms with van der Waals surface area (Å²) in [7, 11) is 0. The number of carbonyl (C=O) groups is 1. The molecule has 2 N–H and O–H groups in total. The number of nitrogens with one attached hydrogen (secondary N) is 1. The minimum Gasteiger partial charge on any atom is -0.481 e. The van der Waals surface area contributed by atoms with Crippen molar-refractivity contribution in [1.29, 1.82) is 0 Å². The van der Waals surface area contributed by atoms with E-state index in [1.165, 1.54) is 5.56 Å². The third-order valence-electron chi connectivity index (χ3n) is 3.01. The molecule has 1 atom stereocenters. The fourth-order valence-corrected chi connectivity index (χ4v) is 2.23. The zero-order valence-corrected chi connectivity index (χ0v) is 11.0. The van der Waals surface area contributed by atoms with Crippen molar-refractivity contribution in [2.24, 2.45) is 0 Å². The largest absolute Gasteiger partial charge is 0.481 e. The van der Waals surface area contributed by atoms with Crippen LogP contribution in [0.25, 0.3) is 0 Å². The van der Waals surface area contributed by atoms with Crippen molar-refractivity contribution < 1.29 is 9.90 Å². The van der Waals surface area contributed by atoms with Crippen LogP contribution >= 0.6 is 12.4 Å². The molecule has 4 nitrogen and oxygen atoms in total. The molecule has 1 aliphatic rings. The molecule has 0 saturated carbocycles. The lowest BCUT2D eigenvalue weighted by Gasteiger charge is -2.33. The Hall–Kier alpha value is -1.10. The average Bonchev–Trinajstić information content (AvgIpc) is 2.30. The van der Waals surface area contributed by atoms with Gasteiger partial charge in [0.2, 0.25) is 0 Å². The summed E-state index contributed by atoms with van der Waals surface area (Å²) in [5.74, 6) is -0.732. The number of hydrogen-bond donors (Lipinski definition) is 2. The van der Waals surface area contributed by atoms with Crippen molar-refractivity contribution in [3.63, 3.8) is 0 Å². The smallest absolute Gasteiger partial charge is 0.304 e. The summed E-state index contributed by atoms with van der Waals surface area (Å²) in [4.78, 5) is 13.0. The highest BCUT2D eigenvalue weighted by molar-refractivity contribution is 5.85. The molecule has 0 bridgehead atoms. The SMILES string of the molecule is Cl.O=C(O)CC1CN(Cc2ccccc2)CCN1. The average molecular weight is 271 g/mol. The van der Waals surface area contributed by atoms with Crippen LogP contribution in [0.3, 0.4) is 0 Å². The molecule has 1 fully saturated rings. The first-order valence-corrected chi connectivity index (χ1v) is 5.95. The third-order valence-corrected chi connectivity index (χ3v) is 3.01. The van der Waals surface area contributed by atoms with E-state index in [9.17, 15) is 4.79 Å². The molecule has 1 saturated heterocycles. The minimum atomic E-state index is -0.732. The standard InChI is InChI=1S/C13H18N2O2.ClH/c16-13(17)8-12-10-15(7-6-14-12)9-11-4-2-1-3-5-11;/h1-5,12,14H,6-10H2,(H,16,17);1H. The number of aliphatic carboxylic acids is 1. The van der Waals surface area contributed by atoms with Gasteiger partial charge in [0.05, 0.1) is 6.42 Å². The van der Waals surface area contributed by atoms with Crippen molar-refractivity contribution >= 4 is 18.4 Å². The van der Waals surface area contributed by atoms with Crippen LogP contribution in [-0.2, 0) is 11.3 Å². The zero-order chi connectivity index (χ0) is 12.1. The van der Waals surface area contributed by atoms with E-state index in [1.807, 2.05) is 18.2 Å². The molecular formula is C13H19ClN2O2. The number of hydrogen-bond acceptors (Lipinski definition) is 3. The van der Waals surface area contributed by atoms with Gasteiger partial charge in [-0.15, -0.1) is 12.4 Å². The number of carboxylic acids is 1. The number of carboxylic acid groups (broad SMARTS) is 1. The van der Waals surface area contributed by atoms with E-state index < -0.39 is 5.97 Å². The summed E-state index contributed by atoms with van der Waals surface area (Å²) in [5.41, 5.74) is 1.28. The van der Waals surface area contributed by atoms with Crippen LogP contribution in [0.5, 0.6) is 0 Å². The lowest BCUT2D eigenvalue weighted by molar-refractivity contribution is -0.137. The monoisotopic (exact) mass is 270 g/mol. The molecule has 0 aromatic heterocycles. The number of benzene rings is 1. The Morgan fingerprint density at radius 3 is 2.78 bits per heavy atom. The van der Waals surface area contributed by atoms with Crippen LogP contribution in [-0.4, -0.2) is 41.7 Å². The number of rotatable bonds is 4. The summed E-state index contributed by atoms with van der Waals surface area (Å²) >= 11 is 0. The lowest BCUT2D eigenvalue weighted by Crippen LogP contribution is -2.50. The van der Waals surface area contributed by atoms with Crippen molar-refractivity contribution in [2.45, 2.75) is 19.0 Å². The van der Waals surface area contributed by atoms with Crippen molar-refractivity contribution in [3.8, 4) is 0 Å². The van der Waals surface area contributed by atoms with Crippen molar-refractivity contribution in [2.75, 3.05) is 19.6 Å². The maximum Gasteiger partial charge on any atom is 0.304 e. The molecule has 2 rings (SSSR count). The van der Waals surface area contributed by atoms with Gasteiger partial charge >= 0.3 is 5.97 Å². The van der Waals surface area contributed by atoms with Gasteiger partial charge in [0, 0.05) is 32.2 Å². The molecule has 1 aliphatic heterocycles. The van der Waals surface area contributed by atoms with Gasteiger partial charge in [-0.3, -0.25) is 9.69 Å². The Morgan fingerprint density at radius 1 is 1.39 bits per heavy atom. The third kappa shape index (κ3) is 4.64. The first kappa shape index (κ1) is 15.0. The van der Waals surface area contributed by atoms with Gasteiger partial charge in [-0.05, 0) is 5.56 Å². The van der Waals surface area contributed by atoms with Gasteiger partial charge in [-0.2, -0.15) is 0 Å². The minimum absolute atomic E-state index is 0. The first-order valence-electron chi connectivity index (χ1n) is 5.95. The highest BCUT2D eigenvalue weighted by Gasteiger charge is 2.21. The maximum absolute atomic E-state index is 10.7. The second kappa shape index (κ2) is 7.36. The zero-order valence-electron chi connectivity index (χ0n) is 10.2. The van der Waals surface area contributed by atoms with E-state index in [2.05, 4.69) is 22.3 Å². The van der Waals surface area contributed by atoms with Gasteiger partial charge in [0.25, 0.3) is 0 Å². The van der Waals surface area contributed by atoms with Gasteiger partial charge in [-0.25, -0.2) is 0 Å². The Labute approximate surface area is 113 Å². The molecule has 1 heterocycles. The Bertz CT molecular complexity index is 373. The summed E-state index contributed by atoms with van der Waals surface area (Å²) < 4.78 is 0. The van der Waals surface area contributed by atoms with Crippen LogP contribution in [0, 0.1) is 0 Å². The van der Waals surface area contributed by atoms with Gasteiger partial charge in [0.15, 0.2) is 0 Å². The molecule has 0 amide bonds. The Kier molecular flexibility index (Phi) is 6.12. The van der Waals surface area contributed by atoms with Gasteiger partial charge in [-0.1, -0.05) is 30.3 Å². The fraction of sp³-hybridized carbons (Fsp3) is 0.462. The molecule has 1 aromatic rings. The molecular weight excluding hydrogens is 252 g/mol. The Balaban J connectivity index is 0.00000162. The van der Waals surface area contributed by atoms with E-state index >= 15 is 0 Å². The molecule has 1 aromatic carbocycles. The molecule has 5 heteroatoms. The van der Waals surface area contributed by atoms with Gasteiger partial charge in [0.1, 0.15) is 0 Å². The second-order valence-electron chi connectivity index (χ2n) is 4.47. The Morgan fingerprint density at radius 2 is 2.11 bits per heavy atom. The molecule has 18 heavy (non-hydrogen) atoms. The molecule has 0 aliphatic carbocycles. The summed E-state index contributed by atoms with van der Waals surface area (Å²) in [5, 5.41) is 12.0. The van der Waals surface area contributed by atoms with E-state index in [4.69, 9.17) is 5.11 Å². The predicted molar refractivity (Wildman–Crippen MR) is 73.0 cm³/mol. The predicted octanol–water partition coefficient (Wildman–Crippen LogP) is 1.36. The van der Waals surface area contributed by atoms with Crippen LogP contribution in [0.4, 0.5) is 0 Å².